The summed E-state index contributed by atoms with van der Waals surface area (Å²) in [5, 5.41) is 2.60. The van der Waals surface area contributed by atoms with Gasteiger partial charge in [0.25, 0.3) is 9.05 Å². The van der Waals surface area contributed by atoms with E-state index in [2.05, 4.69) is 5.32 Å². The van der Waals surface area contributed by atoms with Crippen LogP contribution in [0.4, 0.5) is 5.69 Å². The second kappa shape index (κ2) is 5.61. The molecule has 0 spiro atoms. The van der Waals surface area contributed by atoms with Crippen LogP contribution < -0.4 is 10.1 Å². The normalized spacial score (nSPS) is 14.6. The highest BCUT2D eigenvalue weighted by Gasteiger charge is 2.28. The first-order valence-corrected chi connectivity index (χ1v) is 8.60. The van der Waals surface area contributed by atoms with Crippen LogP contribution in [0.25, 0.3) is 0 Å². The number of ether oxygens (including phenoxy) is 1. The molecule has 1 aliphatic rings. The van der Waals surface area contributed by atoms with Gasteiger partial charge in [0.15, 0.2) is 0 Å². The fourth-order valence-corrected chi connectivity index (χ4v) is 3.82. The van der Waals surface area contributed by atoms with E-state index in [9.17, 15) is 13.2 Å². The monoisotopic (exact) mass is 317 g/mol. The number of carbonyl (C=O) groups is 1. The van der Waals surface area contributed by atoms with Crippen LogP contribution in [0.15, 0.2) is 11.0 Å². The first-order valence-electron chi connectivity index (χ1n) is 6.29. The van der Waals surface area contributed by atoms with Crippen molar-refractivity contribution in [3.63, 3.8) is 0 Å². The third kappa shape index (κ3) is 2.91. The van der Waals surface area contributed by atoms with Gasteiger partial charge in [-0.2, -0.15) is 0 Å². The van der Waals surface area contributed by atoms with Crippen molar-refractivity contribution >= 4 is 31.3 Å². The minimum absolute atomic E-state index is 0.155. The molecule has 0 radical (unpaired) electrons. The van der Waals surface area contributed by atoms with E-state index < -0.39 is 9.05 Å². The molecule has 0 bridgehead atoms. The average molecular weight is 318 g/mol. The van der Waals surface area contributed by atoms with Crippen molar-refractivity contribution in [1.82, 2.24) is 0 Å². The van der Waals surface area contributed by atoms with Crippen LogP contribution >= 0.6 is 10.7 Å². The molecule has 0 aromatic heterocycles. The molecule has 1 aromatic carbocycles. The number of amides is 1. The molecule has 1 N–H and O–H groups in total. The quantitative estimate of drug-likeness (QED) is 0.869. The van der Waals surface area contributed by atoms with Gasteiger partial charge >= 0.3 is 0 Å². The summed E-state index contributed by atoms with van der Waals surface area (Å²) in [5.41, 5.74) is 2.11. The van der Waals surface area contributed by atoms with Gasteiger partial charge in [-0.05, 0) is 42.9 Å². The maximum Gasteiger partial charge on any atom is 0.267 e. The van der Waals surface area contributed by atoms with Crippen molar-refractivity contribution in [2.24, 2.45) is 0 Å². The largest absolute Gasteiger partial charge is 0.495 e. The smallest absolute Gasteiger partial charge is 0.267 e. The lowest BCUT2D eigenvalue weighted by atomic mass is 9.90. The molecular formula is C13H16ClNO4S. The van der Waals surface area contributed by atoms with E-state index in [1.807, 2.05) is 0 Å². The van der Waals surface area contributed by atoms with Crippen molar-refractivity contribution in [3.05, 3.63) is 17.2 Å². The predicted octanol–water partition coefficient (Wildman–Crippen LogP) is 2.46. The predicted molar refractivity (Wildman–Crippen MR) is 77.0 cm³/mol. The van der Waals surface area contributed by atoms with Crippen LogP contribution in [0.2, 0.25) is 0 Å². The third-order valence-corrected chi connectivity index (χ3v) is 4.69. The summed E-state index contributed by atoms with van der Waals surface area (Å²) in [6, 6.07) is 1.70. The highest BCUT2D eigenvalue weighted by molar-refractivity contribution is 8.14. The summed E-state index contributed by atoms with van der Waals surface area (Å²) in [6.45, 7) is 1.33. The van der Waals surface area contributed by atoms with E-state index in [1.54, 1.807) is 6.07 Å². The minimum Gasteiger partial charge on any atom is -0.495 e. The molecule has 0 atom stereocenters. The van der Waals surface area contributed by atoms with Gasteiger partial charge in [-0.15, -0.1) is 0 Å². The first kappa shape index (κ1) is 15.1. The molecule has 7 heteroatoms. The molecule has 20 heavy (non-hydrogen) atoms. The zero-order chi connectivity index (χ0) is 14.9. The number of methoxy groups -OCH3 is 1. The Bertz CT molecular complexity index is 655. The Morgan fingerprint density at radius 2 is 2.00 bits per heavy atom. The van der Waals surface area contributed by atoms with Crippen molar-refractivity contribution in [2.75, 3.05) is 12.4 Å². The Balaban J connectivity index is 2.78. The number of carbonyl (C=O) groups excluding carboxylic acids is 1. The highest BCUT2D eigenvalue weighted by Crippen LogP contribution is 2.41. The van der Waals surface area contributed by atoms with Crippen LogP contribution in [-0.4, -0.2) is 21.4 Å². The Hall–Kier alpha value is -1.27. The Morgan fingerprint density at radius 3 is 2.55 bits per heavy atom. The SMILES string of the molecule is COc1cc2c(c(NC(C)=O)c1S(=O)(=O)Cl)CCCC2. The Labute approximate surface area is 122 Å². The van der Waals surface area contributed by atoms with Crippen molar-refractivity contribution in [1.29, 1.82) is 0 Å². The molecule has 0 fully saturated rings. The lowest BCUT2D eigenvalue weighted by Gasteiger charge is -2.23. The molecule has 5 nitrogen and oxygen atoms in total. The molecule has 0 aliphatic heterocycles. The summed E-state index contributed by atoms with van der Waals surface area (Å²) in [6.07, 6.45) is 3.53. The van der Waals surface area contributed by atoms with Crippen molar-refractivity contribution in [2.45, 2.75) is 37.5 Å². The summed E-state index contributed by atoms with van der Waals surface area (Å²) in [4.78, 5) is 11.2. The summed E-state index contributed by atoms with van der Waals surface area (Å²) in [5.74, 6) is -0.169. The van der Waals surface area contributed by atoms with Gasteiger partial charge in [0.1, 0.15) is 10.6 Å². The second-order valence-electron chi connectivity index (χ2n) is 4.75. The number of benzene rings is 1. The molecule has 110 valence electrons. The van der Waals surface area contributed by atoms with Crippen molar-refractivity contribution < 1.29 is 17.9 Å². The second-order valence-corrected chi connectivity index (χ2v) is 7.25. The van der Waals surface area contributed by atoms with E-state index in [-0.39, 0.29) is 22.2 Å². The standard InChI is InChI=1S/C13H16ClNO4S/c1-8(16)15-12-10-6-4-3-5-9(10)7-11(19-2)13(12)20(14,17)18/h7H,3-6H2,1-2H3,(H,15,16). The van der Waals surface area contributed by atoms with Gasteiger partial charge in [-0.25, -0.2) is 8.42 Å². The highest BCUT2D eigenvalue weighted by atomic mass is 35.7. The topological polar surface area (TPSA) is 72.5 Å². The lowest BCUT2D eigenvalue weighted by molar-refractivity contribution is -0.114. The molecule has 0 unspecified atom stereocenters. The minimum atomic E-state index is -4.02. The number of nitrogens with one attached hydrogen (secondary N) is 1. The number of halogens is 1. The number of fused-ring (bicyclic) bond motifs is 1. The lowest BCUT2D eigenvalue weighted by Crippen LogP contribution is -2.16. The van der Waals surface area contributed by atoms with Crippen LogP contribution in [0, 0.1) is 0 Å². The summed E-state index contributed by atoms with van der Waals surface area (Å²) >= 11 is 0. The number of hydrogen-bond donors (Lipinski definition) is 1. The van der Waals surface area contributed by atoms with Crippen LogP contribution in [0.5, 0.6) is 5.75 Å². The van der Waals surface area contributed by atoms with Crippen LogP contribution in [0.1, 0.15) is 30.9 Å². The zero-order valence-corrected chi connectivity index (χ0v) is 12.9. The number of hydrogen-bond acceptors (Lipinski definition) is 4. The molecule has 0 saturated heterocycles. The molecule has 1 aromatic rings. The Morgan fingerprint density at radius 1 is 1.35 bits per heavy atom. The third-order valence-electron chi connectivity index (χ3n) is 3.33. The summed E-state index contributed by atoms with van der Waals surface area (Å²) in [7, 11) is 2.87. The van der Waals surface area contributed by atoms with Crippen molar-refractivity contribution in [3.8, 4) is 5.75 Å². The molecule has 1 aliphatic carbocycles. The van der Waals surface area contributed by atoms with E-state index in [0.29, 0.717) is 6.42 Å². The van der Waals surface area contributed by atoms with Gasteiger partial charge in [-0.3, -0.25) is 4.79 Å². The summed E-state index contributed by atoms with van der Waals surface area (Å²) < 4.78 is 28.8. The number of anilines is 1. The molecule has 1 amide bonds. The number of aryl methyl sites for hydroxylation is 1. The van der Waals surface area contributed by atoms with E-state index >= 15 is 0 Å². The van der Waals surface area contributed by atoms with E-state index in [4.69, 9.17) is 15.4 Å². The maximum absolute atomic E-state index is 11.8. The van der Waals surface area contributed by atoms with Crippen LogP contribution in [0.3, 0.4) is 0 Å². The van der Waals surface area contributed by atoms with E-state index in [0.717, 1.165) is 30.4 Å². The zero-order valence-electron chi connectivity index (χ0n) is 11.3. The molecule has 0 heterocycles. The van der Waals surface area contributed by atoms with Gasteiger partial charge < -0.3 is 10.1 Å². The van der Waals surface area contributed by atoms with E-state index in [1.165, 1.54) is 14.0 Å². The molecule has 2 rings (SSSR count). The number of rotatable bonds is 3. The van der Waals surface area contributed by atoms with Gasteiger partial charge in [0.2, 0.25) is 5.91 Å². The van der Waals surface area contributed by atoms with Crippen LogP contribution in [-0.2, 0) is 26.7 Å². The van der Waals surface area contributed by atoms with Gasteiger partial charge in [-0.1, -0.05) is 0 Å². The fraction of sp³-hybridized carbons (Fsp3) is 0.462. The average Bonchev–Trinajstić information content (AvgIpc) is 2.36. The fourth-order valence-electron chi connectivity index (χ4n) is 2.56. The first-order chi connectivity index (χ1) is 9.34. The van der Waals surface area contributed by atoms with Gasteiger partial charge in [0.05, 0.1) is 12.8 Å². The molecule has 0 saturated carbocycles. The Kier molecular flexibility index (Phi) is 4.25. The van der Waals surface area contributed by atoms with Gasteiger partial charge in [0, 0.05) is 17.6 Å². The maximum atomic E-state index is 11.8. The molecular weight excluding hydrogens is 302 g/mol.